The highest BCUT2D eigenvalue weighted by atomic mass is 32.2. The maximum Gasteiger partial charge on any atom is 0.286 e. The van der Waals surface area contributed by atoms with Gasteiger partial charge >= 0.3 is 0 Å². The lowest BCUT2D eigenvalue weighted by atomic mass is 10.1. The van der Waals surface area contributed by atoms with E-state index in [4.69, 9.17) is 14.2 Å². The van der Waals surface area contributed by atoms with Gasteiger partial charge in [0.15, 0.2) is 21.3 Å². The molecule has 2 rings (SSSR count). The van der Waals surface area contributed by atoms with Crippen LogP contribution in [0.2, 0.25) is 0 Å². The van der Waals surface area contributed by atoms with Gasteiger partial charge in [-0.05, 0) is 24.3 Å². The molecule has 0 bridgehead atoms. The van der Waals surface area contributed by atoms with Gasteiger partial charge in [-0.15, -0.1) is 0 Å². The number of carbonyl (C=O) groups excluding carboxylic acids is 1. The predicted octanol–water partition coefficient (Wildman–Crippen LogP) is 2.67. The maximum absolute atomic E-state index is 12.7. The van der Waals surface area contributed by atoms with Crippen LogP contribution in [0.1, 0.15) is 17.3 Å². The number of methoxy groups -OCH3 is 2. The molecule has 11 heteroatoms. The maximum atomic E-state index is 12.7. The number of benzene rings is 2. The summed E-state index contributed by atoms with van der Waals surface area (Å²) in [6, 6.07) is 7.86. The molecule has 0 heterocycles. The highest BCUT2D eigenvalue weighted by molar-refractivity contribution is 7.91. The molecule has 0 saturated heterocycles. The first-order valence-corrected chi connectivity index (χ1v) is 10.5. The van der Waals surface area contributed by atoms with E-state index in [0.29, 0.717) is 0 Å². The van der Waals surface area contributed by atoms with Crippen LogP contribution in [-0.2, 0) is 14.6 Å². The molecule has 0 saturated carbocycles. The third kappa shape index (κ3) is 5.45. The first kappa shape index (κ1) is 23.1. The third-order valence-electron chi connectivity index (χ3n) is 4.12. The van der Waals surface area contributed by atoms with Gasteiger partial charge in [-0.25, -0.2) is 8.42 Å². The van der Waals surface area contributed by atoms with Crippen LogP contribution < -0.4 is 14.8 Å². The summed E-state index contributed by atoms with van der Waals surface area (Å²) < 4.78 is 39.2. The van der Waals surface area contributed by atoms with E-state index in [9.17, 15) is 23.3 Å². The molecule has 0 radical (unpaired) electrons. The van der Waals surface area contributed by atoms with Gasteiger partial charge in [0.2, 0.25) is 0 Å². The Bertz CT molecular complexity index is 1020. The second-order valence-electron chi connectivity index (χ2n) is 6.00. The van der Waals surface area contributed by atoms with Crippen LogP contribution in [0, 0.1) is 10.1 Å². The number of carbonyl (C=O) groups is 1. The summed E-state index contributed by atoms with van der Waals surface area (Å²) in [5.41, 5.74) is -0.421. The van der Waals surface area contributed by atoms with Crippen molar-refractivity contribution in [2.45, 2.75) is 11.8 Å². The largest absolute Gasteiger partial charge is 0.493 e. The normalized spacial score (nSPS) is 11.0. The highest BCUT2D eigenvalue weighted by Crippen LogP contribution is 2.35. The SMILES string of the molecule is CCS(=O)(=O)c1ccc(NC(=O)c2cc(OC)c(OCCOC)cc2[N+](=O)[O-])cc1. The van der Waals surface area contributed by atoms with Crippen LogP contribution >= 0.6 is 0 Å². The number of nitrogens with one attached hydrogen (secondary N) is 1. The van der Waals surface area contributed by atoms with E-state index in [0.717, 1.165) is 6.07 Å². The minimum atomic E-state index is -3.38. The zero-order chi connectivity index (χ0) is 22.3. The lowest BCUT2D eigenvalue weighted by Crippen LogP contribution is -2.15. The molecule has 0 fully saturated rings. The summed E-state index contributed by atoms with van der Waals surface area (Å²) in [4.78, 5) is 23.6. The van der Waals surface area contributed by atoms with E-state index in [1.165, 1.54) is 51.5 Å². The zero-order valence-electron chi connectivity index (χ0n) is 16.7. The summed E-state index contributed by atoms with van der Waals surface area (Å²) in [6.07, 6.45) is 0. The fraction of sp³-hybridized carbons (Fsp3) is 0.316. The number of ether oxygens (including phenoxy) is 3. The molecule has 0 aliphatic heterocycles. The Balaban J connectivity index is 2.32. The number of hydrogen-bond donors (Lipinski definition) is 1. The van der Waals surface area contributed by atoms with Crippen molar-refractivity contribution in [2.75, 3.05) is 38.5 Å². The first-order valence-electron chi connectivity index (χ1n) is 8.85. The molecule has 0 aliphatic carbocycles. The number of amides is 1. The van der Waals surface area contributed by atoms with Gasteiger partial charge in [-0.2, -0.15) is 0 Å². The van der Waals surface area contributed by atoms with Gasteiger partial charge in [0.05, 0.1) is 35.4 Å². The van der Waals surface area contributed by atoms with Crippen LogP contribution in [0.3, 0.4) is 0 Å². The molecule has 10 nitrogen and oxygen atoms in total. The molecule has 2 aromatic carbocycles. The van der Waals surface area contributed by atoms with Crippen molar-refractivity contribution in [1.29, 1.82) is 0 Å². The van der Waals surface area contributed by atoms with E-state index in [-0.39, 0.29) is 46.6 Å². The van der Waals surface area contributed by atoms with Crippen molar-refractivity contribution in [2.24, 2.45) is 0 Å². The van der Waals surface area contributed by atoms with Crippen molar-refractivity contribution in [1.82, 2.24) is 0 Å². The smallest absolute Gasteiger partial charge is 0.286 e. The van der Waals surface area contributed by atoms with E-state index < -0.39 is 26.4 Å². The quantitative estimate of drug-likeness (QED) is 0.340. The fourth-order valence-electron chi connectivity index (χ4n) is 2.50. The van der Waals surface area contributed by atoms with Crippen LogP contribution in [0.15, 0.2) is 41.3 Å². The Labute approximate surface area is 173 Å². The van der Waals surface area contributed by atoms with E-state index in [1.54, 1.807) is 0 Å². The molecule has 30 heavy (non-hydrogen) atoms. The summed E-state index contributed by atoms with van der Waals surface area (Å²) in [5.74, 6) is -0.559. The van der Waals surface area contributed by atoms with Gasteiger partial charge in [-0.3, -0.25) is 14.9 Å². The average Bonchev–Trinajstić information content (AvgIpc) is 2.73. The molecule has 0 spiro atoms. The summed E-state index contributed by atoms with van der Waals surface area (Å²) in [7, 11) is -0.545. The lowest BCUT2D eigenvalue weighted by molar-refractivity contribution is -0.385. The van der Waals surface area contributed by atoms with Gasteiger partial charge in [0, 0.05) is 18.9 Å². The number of rotatable bonds is 10. The number of hydrogen-bond acceptors (Lipinski definition) is 8. The molecule has 2 aromatic rings. The highest BCUT2D eigenvalue weighted by Gasteiger charge is 2.25. The standard InChI is InChI=1S/C19H22N2O8S/c1-4-30(25,26)14-7-5-13(6-8-14)20-19(22)15-11-17(28-3)18(29-10-9-27-2)12-16(15)21(23)24/h5-8,11-12H,4,9-10H2,1-3H3,(H,20,22). The summed E-state index contributed by atoms with van der Waals surface area (Å²) in [5, 5.41) is 14.0. The van der Waals surface area contributed by atoms with E-state index >= 15 is 0 Å². The Morgan fingerprint density at radius 3 is 2.30 bits per heavy atom. The molecule has 0 aromatic heterocycles. The monoisotopic (exact) mass is 438 g/mol. The van der Waals surface area contributed by atoms with Crippen molar-refractivity contribution in [3.05, 3.63) is 52.1 Å². The Kier molecular flexibility index (Phi) is 7.72. The number of nitrogens with zero attached hydrogens (tertiary/aromatic N) is 1. The number of sulfone groups is 1. The third-order valence-corrected chi connectivity index (χ3v) is 5.87. The molecule has 0 unspecified atom stereocenters. The topological polar surface area (TPSA) is 134 Å². The molecule has 1 N–H and O–H groups in total. The lowest BCUT2D eigenvalue weighted by Gasteiger charge is -2.13. The zero-order valence-corrected chi connectivity index (χ0v) is 17.5. The van der Waals surface area contributed by atoms with Crippen molar-refractivity contribution in [3.63, 3.8) is 0 Å². The van der Waals surface area contributed by atoms with Crippen LogP contribution in [0.5, 0.6) is 11.5 Å². The molecular weight excluding hydrogens is 416 g/mol. The first-order chi connectivity index (χ1) is 14.2. The minimum absolute atomic E-state index is 0.0521. The van der Waals surface area contributed by atoms with Crippen molar-refractivity contribution >= 4 is 27.1 Å². The van der Waals surface area contributed by atoms with Gasteiger partial charge < -0.3 is 19.5 Å². The van der Waals surface area contributed by atoms with Crippen molar-refractivity contribution < 1.29 is 32.3 Å². The summed E-state index contributed by atoms with van der Waals surface area (Å²) >= 11 is 0. The number of nitro groups is 1. The van der Waals surface area contributed by atoms with Gasteiger partial charge in [0.1, 0.15) is 12.2 Å². The van der Waals surface area contributed by atoms with E-state index in [1.807, 2.05) is 0 Å². The second-order valence-corrected chi connectivity index (χ2v) is 8.28. The molecule has 0 atom stereocenters. The Morgan fingerprint density at radius 1 is 1.10 bits per heavy atom. The number of nitro benzene ring substituents is 1. The molecule has 0 aliphatic rings. The van der Waals surface area contributed by atoms with Crippen molar-refractivity contribution in [3.8, 4) is 11.5 Å². The minimum Gasteiger partial charge on any atom is -0.493 e. The second kappa shape index (κ2) is 10.0. The summed E-state index contributed by atoms with van der Waals surface area (Å²) in [6.45, 7) is 1.94. The Hall–Kier alpha value is -3.18. The molecule has 162 valence electrons. The van der Waals surface area contributed by atoms with Gasteiger partial charge in [-0.1, -0.05) is 6.92 Å². The van der Waals surface area contributed by atoms with Crippen LogP contribution in [-0.4, -0.2) is 52.4 Å². The van der Waals surface area contributed by atoms with E-state index in [2.05, 4.69) is 5.32 Å². The fourth-order valence-corrected chi connectivity index (χ4v) is 3.38. The predicted molar refractivity (Wildman–Crippen MR) is 109 cm³/mol. The van der Waals surface area contributed by atoms with Gasteiger partial charge in [0.25, 0.3) is 11.6 Å². The number of anilines is 1. The molecular formula is C19H22N2O8S. The molecule has 1 amide bonds. The van der Waals surface area contributed by atoms with Crippen LogP contribution in [0.25, 0.3) is 0 Å². The van der Waals surface area contributed by atoms with Crippen LogP contribution in [0.4, 0.5) is 11.4 Å². The Morgan fingerprint density at radius 2 is 1.77 bits per heavy atom. The average molecular weight is 438 g/mol.